The zero-order chi connectivity index (χ0) is 55.9. The van der Waals surface area contributed by atoms with Gasteiger partial charge in [0, 0.05) is 62.1 Å². The van der Waals surface area contributed by atoms with Crippen molar-refractivity contribution in [3.63, 3.8) is 0 Å². The molecule has 1 aliphatic rings. The predicted molar refractivity (Wildman–Crippen MR) is 287 cm³/mol. The van der Waals surface area contributed by atoms with Crippen molar-refractivity contribution in [3.05, 3.63) is 102 Å². The van der Waals surface area contributed by atoms with E-state index in [0.717, 1.165) is 10.9 Å². The van der Waals surface area contributed by atoms with Gasteiger partial charge < -0.3 is 70.0 Å². The number of nitrogen functional groups attached to an aromatic ring is 1. The van der Waals surface area contributed by atoms with Crippen molar-refractivity contribution in [2.45, 2.75) is 133 Å². The van der Waals surface area contributed by atoms with Crippen LogP contribution in [0.3, 0.4) is 0 Å². The maximum absolute atomic E-state index is 14.8. The van der Waals surface area contributed by atoms with Gasteiger partial charge in [-0.15, -0.1) is 0 Å². The summed E-state index contributed by atoms with van der Waals surface area (Å²) in [7, 11) is 0. The molecule has 2 heterocycles. The number of amides is 8. The van der Waals surface area contributed by atoms with Crippen molar-refractivity contribution in [1.29, 1.82) is 0 Å². The van der Waals surface area contributed by atoms with Crippen molar-refractivity contribution in [2.24, 2.45) is 22.2 Å². The number of carbonyl (C=O) groups is 9. The summed E-state index contributed by atoms with van der Waals surface area (Å²) in [5, 5.41) is 19.6. The highest BCUT2D eigenvalue weighted by Gasteiger charge is 2.35. The number of rotatable bonds is 17. The van der Waals surface area contributed by atoms with E-state index in [2.05, 4.69) is 52.7 Å². The first-order chi connectivity index (χ1) is 36.9. The molecule has 5 rings (SSSR count). The van der Waals surface area contributed by atoms with E-state index in [1.165, 1.54) is 6.92 Å². The molecule has 17 N–H and O–H groups in total. The molecule has 0 radical (unpaired) electrons. The number of unbranched alkanes of at least 4 members (excludes halogenated alkanes) is 1. The van der Waals surface area contributed by atoms with Crippen LogP contribution in [-0.2, 0) is 67.3 Å². The standard InChI is InChI=1S/C53H72N14O10/c1-3-4-16-39(61-31(2)68)47(71)67-44-29-45(69)77-60-25-11-10-18-38(46(55)70)62-51(75)43(28-34-30-59-37-17-9-8-15-36(34)37)66-48(72)40(19-12-24-58-53(56)57)63-49(73)41(26-32-13-6-5-7-14-32)64-50(74)42(65-52(44)76)27-33-20-22-35(54)23-21-33/h5-9,13-15,17,20-23,30,38-44,59-60H,3-4,10-12,16,18-19,24-29,54H2,1-2H3,(H2,55,70)(H,61,68)(H,62,75)(H,63,73)(H,64,74)(H,65,76)(H,66,72)(H,67,71)(H4,56,57,58)/t38-,39-,40-,41+,42-,43-,44-/m0/s1. The Labute approximate surface area is 446 Å². The Morgan fingerprint density at radius 1 is 0.714 bits per heavy atom. The third kappa shape index (κ3) is 19.6. The van der Waals surface area contributed by atoms with Gasteiger partial charge in [0.05, 0.1) is 6.42 Å². The van der Waals surface area contributed by atoms with Crippen LogP contribution in [0.25, 0.3) is 10.9 Å². The van der Waals surface area contributed by atoms with E-state index in [1.54, 1.807) is 60.8 Å². The van der Waals surface area contributed by atoms with Gasteiger partial charge in [0.25, 0.3) is 0 Å². The van der Waals surface area contributed by atoms with E-state index >= 15 is 0 Å². The van der Waals surface area contributed by atoms with Gasteiger partial charge in [0.2, 0.25) is 47.3 Å². The van der Waals surface area contributed by atoms with Crippen molar-refractivity contribution in [3.8, 4) is 0 Å². The number of aromatic nitrogens is 1. The molecule has 1 fully saturated rings. The molecule has 24 nitrogen and oxygen atoms in total. The number of guanidine groups is 1. The molecular formula is C53H72N14O10. The third-order valence-corrected chi connectivity index (χ3v) is 12.7. The molecule has 1 aliphatic heterocycles. The zero-order valence-electron chi connectivity index (χ0n) is 43.4. The Morgan fingerprint density at radius 2 is 1.31 bits per heavy atom. The smallest absolute Gasteiger partial charge is 0.327 e. The summed E-state index contributed by atoms with van der Waals surface area (Å²) >= 11 is 0. The largest absolute Gasteiger partial charge is 0.399 e. The molecule has 0 spiro atoms. The van der Waals surface area contributed by atoms with Crippen LogP contribution in [0.2, 0.25) is 0 Å². The fourth-order valence-electron chi connectivity index (χ4n) is 8.60. The van der Waals surface area contributed by atoms with Crippen LogP contribution in [0.1, 0.15) is 88.3 Å². The van der Waals surface area contributed by atoms with E-state index in [1.807, 2.05) is 31.2 Å². The molecule has 3 aromatic carbocycles. The number of anilines is 1. The number of hydroxylamine groups is 1. The Kier molecular flexibility index (Phi) is 23.2. The van der Waals surface area contributed by atoms with E-state index in [-0.39, 0.29) is 76.8 Å². The highest BCUT2D eigenvalue weighted by atomic mass is 16.7. The normalized spacial score (nSPS) is 21.1. The number of hydrogen-bond donors (Lipinski definition) is 13. The first kappa shape index (κ1) is 59.3. The summed E-state index contributed by atoms with van der Waals surface area (Å²) in [6.07, 6.45) is 2.70. The van der Waals surface area contributed by atoms with Crippen molar-refractivity contribution < 1.29 is 48.0 Å². The molecule has 8 amide bonds. The van der Waals surface area contributed by atoms with E-state index in [4.69, 9.17) is 27.8 Å². The predicted octanol–water partition coefficient (Wildman–Crippen LogP) is -0.458. The topological polar surface area (TPSA) is 391 Å². The van der Waals surface area contributed by atoms with Gasteiger partial charge >= 0.3 is 5.97 Å². The number of benzene rings is 3. The maximum Gasteiger partial charge on any atom is 0.327 e. The molecule has 24 heteroatoms. The molecule has 7 atom stereocenters. The number of carbonyl (C=O) groups excluding carboxylic acids is 9. The summed E-state index contributed by atoms with van der Waals surface area (Å²) < 4.78 is 0. The fourth-order valence-corrected chi connectivity index (χ4v) is 8.60. The van der Waals surface area contributed by atoms with Gasteiger partial charge in [-0.25, -0.2) is 0 Å². The highest BCUT2D eigenvalue weighted by molar-refractivity contribution is 5.99. The highest BCUT2D eigenvalue weighted by Crippen LogP contribution is 2.20. The van der Waals surface area contributed by atoms with Crippen molar-refractivity contribution in [1.82, 2.24) is 47.7 Å². The number of hydrogen-bond acceptors (Lipinski definition) is 13. The second kappa shape index (κ2) is 30.1. The Balaban J connectivity index is 1.56. The van der Waals surface area contributed by atoms with Crippen LogP contribution < -0.4 is 65.6 Å². The minimum absolute atomic E-state index is 0.0412. The lowest BCUT2D eigenvalue weighted by atomic mass is 10.0. The lowest BCUT2D eigenvalue weighted by molar-refractivity contribution is -0.153. The molecule has 1 saturated heterocycles. The molecule has 1 aromatic heterocycles. The Morgan fingerprint density at radius 3 is 1.96 bits per heavy atom. The molecule has 4 aromatic rings. The number of para-hydroxylation sites is 1. The van der Waals surface area contributed by atoms with Gasteiger partial charge in [0.1, 0.15) is 42.3 Å². The molecule has 0 unspecified atom stereocenters. The first-order valence-corrected chi connectivity index (χ1v) is 25.7. The van der Waals surface area contributed by atoms with Crippen LogP contribution in [0.4, 0.5) is 5.69 Å². The van der Waals surface area contributed by atoms with Gasteiger partial charge in [-0.05, 0) is 73.4 Å². The maximum atomic E-state index is 14.8. The summed E-state index contributed by atoms with van der Waals surface area (Å²) in [6.45, 7) is 3.22. The van der Waals surface area contributed by atoms with E-state index < -0.39 is 102 Å². The second-order valence-corrected chi connectivity index (χ2v) is 18.9. The van der Waals surface area contributed by atoms with Crippen LogP contribution >= 0.6 is 0 Å². The van der Waals surface area contributed by atoms with Crippen LogP contribution in [0, 0.1) is 0 Å². The number of nitrogens with zero attached hydrogens (tertiary/aromatic N) is 1. The number of primary amides is 1. The number of H-pyrrole nitrogens is 1. The van der Waals surface area contributed by atoms with Crippen LogP contribution in [0.5, 0.6) is 0 Å². The second-order valence-electron chi connectivity index (χ2n) is 18.9. The molecule has 0 bridgehead atoms. The minimum atomic E-state index is -1.66. The summed E-state index contributed by atoms with van der Waals surface area (Å²) in [6, 6.07) is 12.9. The van der Waals surface area contributed by atoms with E-state index in [9.17, 15) is 43.2 Å². The van der Waals surface area contributed by atoms with Gasteiger partial charge in [-0.2, -0.15) is 5.48 Å². The number of aromatic amines is 1. The van der Waals surface area contributed by atoms with Crippen LogP contribution in [0.15, 0.2) is 90.1 Å². The van der Waals surface area contributed by atoms with Crippen molar-refractivity contribution >= 4 is 75.8 Å². The summed E-state index contributed by atoms with van der Waals surface area (Å²) in [5.74, 6) is -7.57. The minimum Gasteiger partial charge on any atom is -0.399 e. The van der Waals surface area contributed by atoms with Gasteiger partial charge in [0.15, 0.2) is 5.96 Å². The first-order valence-electron chi connectivity index (χ1n) is 25.7. The third-order valence-electron chi connectivity index (χ3n) is 12.7. The molecular weight excluding hydrogens is 993 g/mol. The Hall–Kier alpha value is -8.54. The summed E-state index contributed by atoms with van der Waals surface area (Å²) in [5.41, 5.74) is 28.4. The van der Waals surface area contributed by atoms with Crippen molar-refractivity contribution in [2.75, 3.05) is 18.8 Å². The average molecular weight is 1070 g/mol. The zero-order valence-corrected chi connectivity index (χ0v) is 43.4. The SMILES string of the molecule is CCCC[C@H](NC(C)=O)C(=O)N[C@H]1CC(=O)ONCCCC[C@@H](C(N)=O)NC(=O)[C@H](Cc2c[nH]c3ccccc23)NC(=O)[C@H](CCCN=C(N)N)NC(=O)[C@@H](Cc2ccccc2)NC(=O)[C@H](Cc2ccc(N)cc2)NC1=O. The summed E-state index contributed by atoms with van der Waals surface area (Å²) in [4.78, 5) is 138. The van der Waals surface area contributed by atoms with E-state index in [0.29, 0.717) is 35.2 Å². The molecule has 414 valence electrons. The number of aliphatic imine (C=N–C) groups is 1. The van der Waals surface area contributed by atoms with Crippen LogP contribution in [-0.4, -0.2) is 120 Å². The van der Waals surface area contributed by atoms with Gasteiger partial charge in [-0.1, -0.05) is 80.4 Å². The quantitative estimate of drug-likeness (QED) is 0.0276. The monoisotopic (exact) mass is 1060 g/mol. The molecule has 77 heavy (non-hydrogen) atoms. The number of nitrogens with one attached hydrogen (secondary N) is 9. The lowest BCUT2D eigenvalue weighted by Gasteiger charge is -2.28. The number of fused-ring (bicyclic) bond motifs is 1. The molecule has 0 saturated carbocycles. The Bertz CT molecular complexity index is 2700. The van der Waals surface area contributed by atoms with Gasteiger partial charge in [-0.3, -0.25) is 48.1 Å². The number of nitrogens with two attached hydrogens (primary N) is 4. The fraction of sp³-hybridized carbons (Fsp3) is 0.434. The average Bonchev–Trinajstić information content (AvgIpc) is 3.80. The lowest BCUT2D eigenvalue weighted by Crippen LogP contribution is -2.61. The molecule has 0 aliphatic carbocycles.